The fourth-order valence-corrected chi connectivity index (χ4v) is 2.60. The van der Waals surface area contributed by atoms with E-state index in [-0.39, 0.29) is 0 Å². The summed E-state index contributed by atoms with van der Waals surface area (Å²) in [4.78, 5) is 4.44. The molecule has 0 aliphatic carbocycles. The summed E-state index contributed by atoms with van der Waals surface area (Å²) in [5, 5.41) is 14.3. The number of hydrogen-bond acceptors (Lipinski definition) is 7. The van der Waals surface area contributed by atoms with E-state index in [0.29, 0.717) is 11.8 Å². The Morgan fingerprint density at radius 2 is 1.31 bits per heavy atom. The zero-order valence-corrected chi connectivity index (χ0v) is 15.7. The summed E-state index contributed by atoms with van der Waals surface area (Å²) in [5.41, 5.74) is 1.70. The molecule has 0 saturated carbocycles. The maximum atomic E-state index is 5.80. The van der Waals surface area contributed by atoms with Crippen molar-refractivity contribution in [1.82, 2.24) is 15.2 Å². The van der Waals surface area contributed by atoms with E-state index in [1.165, 1.54) is 0 Å². The first-order valence-corrected chi connectivity index (χ1v) is 8.99. The van der Waals surface area contributed by atoms with Gasteiger partial charge in [0, 0.05) is 11.4 Å². The number of methoxy groups -OCH3 is 1. The Balaban J connectivity index is 1.40. The van der Waals surface area contributed by atoms with Crippen molar-refractivity contribution in [1.29, 1.82) is 0 Å². The van der Waals surface area contributed by atoms with Gasteiger partial charge in [0.25, 0.3) is 0 Å². The molecule has 0 radical (unpaired) electrons. The molecule has 0 atom stereocenters. The van der Waals surface area contributed by atoms with E-state index in [4.69, 9.17) is 9.47 Å². The summed E-state index contributed by atoms with van der Waals surface area (Å²) in [6, 6.07) is 24.7. The van der Waals surface area contributed by atoms with Gasteiger partial charge in [-0.1, -0.05) is 18.2 Å². The Kier molecular flexibility index (Phi) is 5.48. The molecule has 3 aromatic carbocycles. The van der Waals surface area contributed by atoms with E-state index in [1.54, 1.807) is 13.3 Å². The molecule has 4 rings (SSSR count). The lowest BCUT2D eigenvalue weighted by molar-refractivity contribution is 0.415. The third-order valence-electron chi connectivity index (χ3n) is 4.01. The molecule has 0 aliphatic rings. The minimum absolute atomic E-state index is 0.393. The average molecular weight is 385 g/mol. The maximum Gasteiger partial charge on any atom is 0.249 e. The van der Waals surface area contributed by atoms with Gasteiger partial charge in [0.05, 0.1) is 13.3 Å². The van der Waals surface area contributed by atoms with Crippen LogP contribution in [0.1, 0.15) is 0 Å². The monoisotopic (exact) mass is 385 g/mol. The van der Waals surface area contributed by atoms with Crippen LogP contribution >= 0.6 is 0 Å². The summed E-state index contributed by atoms with van der Waals surface area (Å²) >= 11 is 0. The molecule has 0 saturated heterocycles. The van der Waals surface area contributed by atoms with Crippen molar-refractivity contribution >= 4 is 23.1 Å². The highest BCUT2D eigenvalue weighted by molar-refractivity contribution is 5.59. The lowest BCUT2D eigenvalue weighted by atomic mass is 10.3. The predicted octanol–water partition coefficient (Wildman–Crippen LogP) is 5.16. The molecule has 1 heterocycles. The third-order valence-corrected chi connectivity index (χ3v) is 4.01. The maximum absolute atomic E-state index is 5.80. The van der Waals surface area contributed by atoms with Crippen LogP contribution in [-0.4, -0.2) is 22.3 Å². The molecule has 29 heavy (non-hydrogen) atoms. The highest BCUT2D eigenvalue weighted by atomic mass is 16.5. The molecule has 0 amide bonds. The fraction of sp³-hybridized carbons (Fsp3) is 0.0455. The smallest absolute Gasteiger partial charge is 0.249 e. The normalized spacial score (nSPS) is 10.2. The number of para-hydroxylation sites is 1. The molecule has 1 aromatic heterocycles. The molecular weight excluding hydrogens is 366 g/mol. The van der Waals surface area contributed by atoms with Gasteiger partial charge in [-0.25, -0.2) is 0 Å². The van der Waals surface area contributed by atoms with Crippen molar-refractivity contribution in [2.75, 3.05) is 17.7 Å². The van der Waals surface area contributed by atoms with Gasteiger partial charge in [0.15, 0.2) is 5.82 Å². The van der Waals surface area contributed by atoms with Crippen LogP contribution in [0.4, 0.5) is 23.1 Å². The molecule has 0 unspecified atom stereocenters. The van der Waals surface area contributed by atoms with Crippen LogP contribution in [-0.2, 0) is 0 Å². The number of rotatable bonds is 7. The number of nitrogens with zero attached hydrogens (tertiary/aromatic N) is 3. The Morgan fingerprint density at radius 3 is 2.00 bits per heavy atom. The molecule has 7 heteroatoms. The summed E-state index contributed by atoms with van der Waals surface area (Å²) in [5.74, 6) is 3.30. The number of ether oxygens (including phenoxy) is 2. The van der Waals surface area contributed by atoms with E-state index >= 15 is 0 Å². The van der Waals surface area contributed by atoms with E-state index < -0.39 is 0 Å². The topological polar surface area (TPSA) is 81.2 Å². The first-order chi connectivity index (χ1) is 14.3. The second-order valence-electron chi connectivity index (χ2n) is 6.08. The van der Waals surface area contributed by atoms with Gasteiger partial charge in [0.2, 0.25) is 5.95 Å². The predicted molar refractivity (Wildman–Crippen MR) is 112 cm³/mol. The number of benzene rings is 3. The van der Waals surface area contributed by atoms with Crippen LogP contribution in [0.5, 0.6) is 17.2 Å². The average Bonchev–Trinajstić information content (AvgIpc) is 2.77. The first-order valence-electron chi connectivity index (χ1n) is 8.99. The van der Waals surface area contributed by atoms with Crippen LogP contribution in [0.2, 0.25) is 0 Å². The molecular formula is C22H19N5O2. The van der Waals surface area contributed by atoms with Gasteiger partial charge in [0.1, 0.15) is 17.2 Å². The molecule has 7 nitrogen and oxygen atoms in total. The Hall–Kier alpha value is -4.13. The summed E-state index contributed by atoms with van der Waals surface area (Å²) in [7, 11) is 1.63. The lowest BCUT2D eigenvalue weighted by Gasteiger charge is -2.09. The highest BCUT2D eigenvalue weighted by Gasteiger charge is 2.03. The SMILES string of the molecule is COc1ccc(Nc2nncc(Nc3ccc(Oc4ccccc4)cc3)n2)cc1. The Bertz CT molecular complexity index is 1050. The van der Waals surface area contributed by atoms with Crippen molar-refractivity contribution in [2.45, 2.75) is 0 Å². The van der Waals surface area contributed by atoms with Crippen molar-refractivity contribution in [2.24, 2.45) is 0 Å². The van der Waals surface area contributed by atoms with Crippen molar-refractivity contribution in [3.05, 3.63) is 85.1 Å². The minimum Gasteiger partial charge on any atom is -0.497 e. The van der Waals surface area contributed by atoms with Crippen LogP contribution in [0, 0.1) is 0 Å². The van der Waals surface area contributed by atoms with E-state index in [1.807, 2.05) is 78.9 Å². The fourth-order valence-electron chi connectivity index (χ4n) is 2.60. The second-order valence-corrected chi connectivity index (χ2v) is 6.08. The Labute approximate surface area is 168 Å². The number of nitrogens with one attached hydrogen (secondary N) is 2. The third kappa shape index (κ3) is 4.98. The van der Waals surface area contributed by atoms with Gasteiger partial charge in [-0.15, -0.1) is 5.10 Å². The number of anilines is 4. The number of aromatic nitrogens is 3. The largest absolute Gasteiger partial charge is 0.497 e. The zero-order valence-electron chi connectivity index (χ0n) is 15.7. The quantitative estimate of drug-likeness (QED) is 0.455. The molecule has 0 bridgehead atoms. The van der Waals surface area contributed by atoms with Crippen LogP contribution in [0.25, 0.3) is 0 Å². The van der Waals surface area contributed by atoms with Crippen LogP contribution in [0.3, 0.4) is 0 Å². The molecule has 2 N–H and O–H groups in total. The van der Waals surface area contributed by atoms with Gasteiger partial charge in [-0.2, -0.15) is 10.1 Å². The molecule has 144 valence electrons. The van der Waals surface area contributed by atoms with Gasteiger partial charge in [-0.3, -0.25) is 0 Å². The number of hydrogen-bond donors (Lipinski definition) is 2. The van der Waals surface area contributed by atoms with E-state index in [0.717, 1.165) is 28.6 Å². The molecule has 4 aromatic rings. The standard InChI is InChI=1S/C22H19N5O2/c1-28-18-11-7-17(8-12-18)25-22-26-21(15-23-27-22)24-16-9-13-20(14-10-16)29-19-5-3-2-4-6-19/h2-15H,1H3,(H2,24,25,26,27). The first kappa shape index (κ1) is 18.2. The zero-order chi connectivity index (χ0) is 19.9. The summed E-state index contributed by atoms with van der Waals surface area (Å²) in [6.45, 7) is 0. The highest BCUT2D eigenvalue weighted by Crippen LogP contribution is 2.24. The lowest BCUT2D eigenvalue weighted by Crippen LogP contribution is -2.02. The second kappa shape index (κ2) is 8.71. The van der Waals surface area contributed by atoms with E-state index in [2.05, 4.69) is 25.8 Å². The summed E-state index contributed by atoms with van der Waals surface area (Å²) < 4.78 is 11.0. The van der Waals surface area contributed by atoms with Crippen molar-refractivity contribution in [3.63, 3.8) is 0 Å². The van der Waals surface area contributed by atoms with Crippen molar-refractivity contribution < 1.29 is 9.47 Å². The van der Waals surface area contributed by atoms with E-state index in [9.17, 15) is 0 Å². The molecule has 0 spiro atoms. The van der Waals surface area contributed by atoms with Crippen molar-refractivity contribution in [3.8, 4) is 17.2 Å². The van der Waals surface area contributed by atoms with Gasteiger partial charge < -0.3 is 20.1 Å². The molecule has 0 aliphatic heterocycles. The Morgan fingerprint density at radius 1 is 0.690 bits per heavy atom. The minimum atomic E-state index is 0.393. The van der Waals surface area contributed by atoms with Crippen LogP contribution in [0.15, 0.2) is 85.1 Å². The van der Waals surface area contributed by atoms with Gasteiger partial charge >= 0.3 is 0 Å². The molecule has 0 fully saturated rings. The summed E-state index contributed by atoms with van der Waals surface area (Å²) in [6.07, 6.45) is 1.56. The van der Waals surface area contributed by atoms with Crippen LogP contribution < -0.4 is 20.1 Å². The van der Waals surface area contributed by atoms with Gasteiger partial charge in [-0.05, 0) is 60.7 Å².